The number of ether oxygens (including phenoxy) is 1. The van der Waals surface area contributed by atoms with Crippen molar-refractivity contribution in [1.82, 2.24) is 0 Å². The van der Waals surface area contributed by atoms with Gasteiger partial charge in [0.15, 0.2) is 5.43 Å². The molecule has 0 saturated heterocycles. The molecule has 1 aromatic heterocycles. The molecule has 106 valence electrons. The van der Waals surface area contributed by atoms with Gasteiger partial charge in [-0.05, 0) is 12.1 Å². The predicted octanol–water partition coefficient (Wildman–Crippen LogP) is 4.36. The molecule has 0 fully saturated rings. The van der Waals surface area contributed by atoms with Gasteiger partial charge in [-0.3, -0.25) is 4.79 Å². The summed E-state index contributed by atoms with van der Waals surface area (Å²) in [6.07, 6.45) is 0. The van der Waals surface area contributed by atoms with Crippen LogP contribution in [0.5, 0.6) is 5.75 Å². The molecule has 3 nitrogen and oxygen atoms in total. The Morgan fingerprint density at radius 3 is 2.57 bits per heavy atom. The number of methoxy groups -OCH3 is 1. The van der Waals surface area contributed by atoms with Crippen molar-refractivity contribution < 1.29 is 9.15 Å². The van der Waals surface area contributed by atoms with E-state index in [9.17, 15) is 4.79 Å². The van der Waals surface area contributed by atoms with Gasteiger partial charge in [0.1, 0.15) is 17.1 Å². The highest BCUT2D eigenvalue weighted by Gasteiger charge is 2.15. The first-order valence-corrected chi connectivity index (χ1v) is 7.62. The van der Waals surface area contributed by atoms with Gasteiger partial charge in [0.05, 0.1) is 18.1 Å². The topological polar surface area (TPSA) is 39.4 Å². The Morgan fingerprint density at radius 2 is 1.90 bits per heavy atom. The van der Waals surface area contributed by atoms with Gasteiger partial charge in [0, 0.05) is 17.0 Å². The Hall–Kier alpha value is -2.07. The lowest BCUT2D eigenvalue weighted by Crippen LogP contribution is -2.09. The fourth-order valence-corrected chi connectivity index (χ4v) is 2.79. The largest absolute Gasteiger partial charge is 0.497 e. The second kappa shape index (κ2) is 5.74. The fraction of sp³-hybridized carbons (Fsp3) is 0.118. The number of rotatable bonds is 3. The zero-order chi connectivity index (χ0) is 14.8. The molecule has 0 unspecified atom stereocenters. The van der Waals surface area contributed by atoms with Crippen molar-refractivity contribution in [3.05, 3.63) is 64.3 Å². The SMILES string of the molecule is COc1ccc2c(=O)c(CBr)c(-c3ccccc3)oc2c1. The van der Waals surface area contributed by atoms with Crippen molar-refractivity contribution in [3.8, 4) is 17.1 Å². The number of fused-ring (bicyclic) bond motifs is 1. The van der Waals surface area contributed by atoms with Crippen LogP contribution in [0.2, 0.25) is 0 Å². The van der Waals surface area contributed by atoms with E-state index in [0.29, 0.717) is 33.4 Å². The molecule has 1 heterocycles. The van der Waals surface area contributed by atoms with Crippen molar-refractivity contribution in [1.29, 1.82) is 0 Å². The van der Waals surface area contributed by atoms with Crippen LogP contribution in [-0.2, 0) is 5.33 Å². The number of halogens is 1. The minimum atomic E-state index is -0.0189. The lowest BCUT2D eigenvalue weighted by molar-refractivity contribution is 0.414. The molecule has 0 bridgehead atoms. The van der Waals surface area contributed by atoms with Crippen LogP contribution in [-0.4, -0.2) is 7.11 Å². The lowest BCUT2D eigenvalue weighted by atomic mass is 10.1. The van der Waals surface area contributed by atoms with Gasteiger partial charge in [-0.2, -0.15) is 0 Å². The highest BCUT2D eigenvalue weighted by Crippen LogP contribution is 2.28. The Labute approximate surface area is 130 Å². The van der Waals surface area contributed by atoms with Crippen molar-refractivity contribution in [3.63, 3.8) is 0 Å². The minimum Gasteiger partial charge on any atom is -0.497 e. The van der Waals surface area contributed by atoms with E-state index in [0.717, 1.165) is 5.56 Å². The van der Waals surface area contributed by atoms with Gasteiger partial charge < -0.3 is 9.15 Å². The molecule has 0 aliphatic rings. The first-order valence-electron chi connectivity index (χ1n) is 6.49. The van der Waals surface area contributed by atoms with Crippen LogP contribution in [0.3, 0.4) is 0 Å². The smallest absolute Gasteiger partial charge is 0.197 e. The first-order chi connectivity index (χ1) is 10.2. The van der Waals surface area contributed by atoms with E-state index in [-0.39, 0.29) is 5.43 Å². The molecule has 2 aromatic carbocycles. The Balaban J connectivity index is 2.35. The molecule has 3 rings (SSSR count). The zero-order valence-electron chi connectivity index (χ0n) is 11.4. The number of hydrogen-bond donors (Lipinski definition) is 0. The molecule has 0 spiro atoms. The predicted molar refractivity (Wildman–Crippen MR) is 87.1 cm³/mol. The third kappa shape index (κ3) is 2.47. The Bertz CT molecular complexity index is 838. The summed E-state index contributed by atoms with van der Waals surface area (Å²) in [5.74, 6) is 1.26. The first kappa shape index (κ1) is 13.9. The molecular formula is C17H13BrO3. The van der Waals surface area contributed by atoms with Crippen LogP contribution >= 0.6 is 15.9 Å². The highest BCUT2D eigenvalue weighted by atomic mass is 79.9. The quantitative estimate of drug-likeness (QED) is 0.662. The summed E-state index contributed by atoms with van der Waals surface area (Å²) in [5, 5.41) is 1.01. The van der Waals surface area contributed by atoms with Crippen LogP contribution in [0, 0.1) is 0 Å². The van der Waals surface area contributed by atoms with Gasteiger partial charge in [-0.25, -0.2) is 0 Å². The Morgan fingerprint density at radius 1 is 1.14 bits per heavy atom. The van der Waals surface area contributed by atoms with Gasteiger partial charge in [-0.15, -0.1) is 0 Å². The third-order valence-electron chi connectivity index (χ3n) is 3.36. The van der Waals surface area contributed by atoms with Gasteiger partial charge in [0.25, 0.3) is 0 Å². The van der Waals surface area contributed by atoms with Crippen LogP contribution in [0.15, 0.2) is 57.7 Å². The van der Waals surface area contributed by atoms with Gasteiger partial charge in [0.2, 0.25) is 0 Å². The summed E-state index contributed by atoms with van der Waals surface area (Å²) >= 11 is 3.39. The van der Waals surface area contributed by atoms with Gasteiger partial charge in [-0.1, -0.05) is 46.3 Å². The average Bonchev–Trinajstić information content (AvgIpc) is 2.55. The normalized spacial score (nSPS) is 10.8. The molecule has 0 radical (unpaired) electrons. The molecular weight excluding hydrogens is 332 g/mol. The molecule has 4 heteroatoms. The highest BCUT2D eigenvalue weighted by molar-refractivity contribution is 9.08. The van der Waals surface area contributed by atoms with E-state index < -0.39 is 0 Å². The van der Waals surface area contributed by atoms with Crippen molar-refractivity contribution in [2.45, 2.75) is 5.33 Å². The number of alkyl halides is 1. The average molecular weight is 345 g/mol. The van der Waals surface area contributed by atoms with E-state index in [4.69, 9.17) is 9.15 Å². The lowest BCUT2D eigenvalue weighted by Gasteiger charge is -2.09. The maximum Gasteiger partial charge on any atom is 0.197 e. The molecule has 0 amide bonds. The van der Waals surface area contributed by atoms with Crippen molar-refractivity contribution in [2.75, 3.05) is 7.11 Å². The fourth-order valence-electron chi connectivity index (χ4n) is 2.28. The molecule has 0 saturated carbocycles. The summed E-state index contributed by atoms with van der Waals surface area (Å²) < 4.78 is 11.2. The molecule has 0 aliphatic heterocycles. The summed E-state index contributed by atoms with van der Waals surface area (Å²) in [7, 11) is 1.59. The van der Waals surface area contributed by atoms with Crippen molar-refractivity contribution >= 4 is 26.9 Å². The summed E-state index contributed by atoms with van der Waals surface area (Å²) in [5.41, 5.74) is 2.02. The summed E-state index contributed by atoms with van der Waals surface area (Å²) in [6.45, 7) is 0. The van der Waals surface area contributed by atoms with Crippen LogP contribution in [0.1, 0.15) is 5.56 Å². The van der Waals surface area contributed by atoms with Crippen LogP contribution in [0.25, 0.3) is 22.3 Å². The molecule has 21 heavy (non-hydrogen) atoms. The van der Waals surface area contributed by atoms with Crippen LogP contribution < -0.4 is 10.2 Å². The zero-order valence-corrected chi connectivity index (χ0v) is 13.0. The second-order valence-electron chi connectivity index (χ2n) is 4.60. The van der Waals surface area contributed by atoms with E-state index in [1.165, 1.54) is 0 Å². The number of hydrogen-bond acceptors (Lipinski definition) is 3. The maximum atomic E-state index is 12.6. The maximum absolute atomic E-state index is 12.6. The monoisotopic (exact) mass is 344 g/mol. The minimum absolute atomic E-state index is 0.0189. The summed E-state index contributed by atoms with van der Waals surface area (Å²) in [6, 6.07) is 14.9. The van der Waals surface area contributed by atoms with Crippen LogP contribution in [0.4, 0.5) is 0 Å². The van der Waals surface area contributed by atoms with Crippen molar-refractivity contribution in [2.24, 2.45) is 0 Å². The summed E-state index contributed by atoms with van der Waals surface area (Å²) in [4.78, 5) is 12.6. The van der Waals surface area contributed by atoms with Gasteiger partial charge >= 0.3 is 0 Å². The second-order valence-corrected chi connectivity index (χ2v) is 5.16. The standard InChI is InChI=1S/C17H13BrO3/c1-20-12-7-8-13-15(9-12)21-17(14(10-18)16(13)19)11-5-3-2-4-6-11/h2-9H,10H2,1H3. The third-order valence-corrected chi connectivity index (χ3v) is 3.92. The van der Waals surface area contributed by atoms with E-state index >= 15 is 0 Å². The van der Waals surface area contributed by atoms with E-state index in [2.05, 4.69) is 15.9 Å². The number of benzene rings is 2. The van der Waals surface area contributed by atoms with E-state index in [1.807, 2.05) is 30.3 Å². The molecule has 0 atom stereocenters. The molecule has 3 aromatic rings. The van der Waals surface area contributed by atoms with E-state index in [1.54, 1.807) is 25.3 Å². The molecule has 0 N–H and O–H groups in total. The Kier molecular flexibility index (Phi) is 3.80. The molecule has 0 aliphatic carbocycles.